The van der Waals surface area contributed by atoms with Crippen LogP contribution in [0.1, 0.15) is 12.8 Å². The summed E-state index contributed by atoms with van der Waals surface area (Å²) in [5, 5.41) is 0. The molecule has 0 aromatic rings. The molecule has 1 nitrogen and oxygen atoms in total. The first-order chi connectivity index (χ1) is 3.41. The molecule has 0 N–H and O–H groups in total. The Morgan fingerprint density at radius 1 is 1.43 bits per heavy atom. The highest BCUT2D eigenvalue weighted by Gasteiger charge is 1.80. The minimum Gasteiger partial charge on any atom is -0.379 e. The summed E-state index contributed by atoms with van der Waals surface area (Å²) >= 11 is 4.02. The van der Waals surface area contributed by atoms with Crippen molar-refractivity contribution in [2.45, 2.75) is 12.8 Å². The normalized spacial score (nSPS) is 9.43. The Bertz CT molecular complexity index is 27.3. The first-order valence-corrected chi connectivity index (χ1v) is 3.03. The van der Waals surface area contributed by atoms with Crippen molar-refractivity contribution in [2.75, 3.05) is 12.4 Å². The third-order valence-corrected chi connectivity index (χ3v) is 1.01. The van der Waals surface area contributed by atoms with E-state index in [9.17, 15) is 0 Å². The van der Waals surface area contributed by atoms with Gasteiger partial charge in [-0.15, -0.1) is 0 Å². The molecule has 0 rings (SSSR count). The van der Waals surface area contributed by atoms with E-state index in [1.165, 1.54) is 0 Å². The Labute approximate surface area is 50.5 Å². The smallest absolute Gasteiger partial charge is 0.0700 e. The van der Waals surface area contributed by atoms with Crippen molar-refractivity contribution in [3.05, 3.63) is 7.11 Å². The number of ether oxygens (including phenoxy) is 1. The largest absolute Gasteiger partial charge is 0.379 e. The number of hydrogen-bond acceptors (Lipinski definition) is 2. The number of thiol groups is 1. The lowest BCUT2D eigenvalue weighted by atomic mass is 10.4. The first-order valence-electron chi connectivity index (χ1n) is 2.39. The zero-order valence-corrected chi connectivity index (χ0v) is 5.29. The third kappa shape index (κ3) is 6.31. The molecule has 0 aromatic heterocycles. The zero-order chi connectivity index (χ0) is 5.54. The molecule has 0 amide bonds. The lowest BCUT2D eigenvalue weighted by Gasteiger charge is -1.92. The van der Waals surface area contributed by atoms with Gasteiger partial charge in [-0.25, -0.2) is 0 Å². The van der Waals surface area contributed by atoms with Gasteiger partial charge in [0.15, 0.2) is 0 Å². The maximum Gasteiger partial charge on any atom is 0.0700 e. The van der Waals surface area contributed by atoms with Gasteiger partial charge in [-0.2, -0.15) is 12.6 Å². The van der Waals surface area contributed by atoms with Gasteiger partial charge in [0.2, 0.25) is 0 Å². The molecule has 0 fully saturated rings. The number of unbranched alkanes of at least 4 members (excludes halogenated alkanes) is 1. The zero-order valence-electron chi connectivity index (χ0n) is 4.39. The molecule has 0 spiro atoms. The van der Waals surface area contributed by atoms with E-state index in [4.69, 9.17) is 0 Å². The Morgan fingerprint density at radius 2 is 2.14 bits per heavy atom. The van der Waals surface area contributed by atoms with E-state index in [2.05, 4.69) is 24.5 Å². The first kappa shape index (κ1) is 7.31. The van der Waals surface area contributed by atoms with Crippen molar-refractivity contribution >= 4 is 12.6 Å². The molecule has 0 aliphatic rings. The van der Waals surface area contributed by atoms with Crippen molar-refractivity contribution < 1.29 is 4.74 Å². The van der Waals surface area contributed by atoms with Gasteiger partial charge < -0.3 is 4.74 Å². The molecule has 0 saturated carbocycles. The molecule has 7 heavy (non-hydrogen) atoms. The van der Waals surface area contributed by atoms with Crippen LogP contribution in [-0.4, -0.2) is 12.4 Å². The topological polar surface area (TPSA) is 9.23 Å². The van der Waals surface area contributed by atoms with Crippen molar-refractivity contribution in [3.8, 4) is 0 Å². The van der Waals surface area contributed by atoms with Crippen LogP contribution in [0, 0.1) is 7.11 Å². The van der Waals surface area contributed by atoms with Crippen LogP contribution in [0.4, 0.5) is 0 Å². The Balaban J connectivity index is 2.45. The summed E-state index contributed by atoms with van der Waals surface area (Å²) in [5.41, 5.74) is 0. The predicted octanol–water partition coefficient (Wildman–Crippen LogP) is 1.50. The van der Waals surface area contributed by atoms with Gasteiger partial charge in [-0.3, -0.25) is 0 Å². The molecule has 2 heteroatoms. The minimum atomic E-state index is 0.764. The summed E-state index contributed by atoms with van der Waals surface area (Å²) in [6.07, 6.45) is 2.20. The van der Waals surface area contributed by atoms with Crippen molar-refractivity contribution in [1.82, 2.24) is 0 Å². The van der Waals surface area contributed by atoms with Crippen LogP contribution in [0.5, 0.6) is 0 Å². The molecule has 0 atom stereocenters. The second-order valence-corrected chi connectivity index (χ2v) is 1.79. The molecule has 0 bridgehead atoms. The van der Waals surface area contributed by atoms with E-state index in [-0.39, 0.29) is 0 Å². The van der Waals surface area contributed by atoms with Crippen LogP contribution in [0.25, 0.3) is 0 Å². The molecule has 0 aromatic carbocycles. The fourth-order valence-electron chi connectivity index (χ4n) is 0.316. The number of rotatable bonds is 4. The minimum absolute atomic E-state index is 0.764. The van der Waals surface area contributed by atoms with E-state index in [1.54, 1.807) is 0 Å². The van der Waals surface area contributed by atoms with Crippen molar-refractivity contribution in [2.24, 2.45) is 0 Å². The Morgan fingerprint density at radius 3 is 2.57 bits per heavy atom. The molecule has 0 aliphatic carbocycles. The molecule has 0 aliphatic heterocycles. The molecule has 0 unspecified atom stereocenters. The van der Waals surface area contributed by atoms with E-state index < -0.39 is 0 Å². The fourth-order valence-corrected chi connectivity index (χ4v) is 0.540. The summed E-state index contributed by atoms with van der Waals surface area (Å²) in [6.45, 7) is 0.764. The second kappa shape index (κ2) is 6.31. The van der Waals surface area contributed by atoms with Gasteiger partial charge in [0.25, 0.3) is 0 Å². The highest BCUT2D eigenvalue weighted by Crippen LogP contribution is 1.90. The van der Waals surface area contributed by atoms with E-state index in [0.717, 1.165) is 25.2 Å². The average molecular weight is 119 g/mol. The second-order valence-electron chi connectivity index (χ2n) is 1.34. The van der Waals surface area contributed by atoms with Gasteiger partial charge in [0.1, 0.15) is 0 Å². The maximum absolute atomic E-state index is 4.56. The highest BCUT2D eigenvalue weighted by atomic mass is 32.1. The van der Waals surface area contributed by atoms with Gasteiger partial charge >= 0.3 is 0 Å². The maximum atomic E-state index is 4.56. The Hall–Kier alpha value is 0.310. The van der Waals surface area contributed by atoms with Crippen LogP contribution in [0.15, 0.2) is 0 Å². The summed E-state index contributed by atoms with van der Waals surface area (Å²) in [6, 6.07) is 0. The van der Waals surface area contributed by atoms with E-state index >= 15 is 0 Å². The van der Waals surface area contributed by atoms with Gasteiger partial charge in [0.05, 0.1) is 7.11 Å². The molecular weight excluding hydrogens is 108 g/mol. The Kier molecular flexibility index (Phi) is 6.59. The van der Waals surface area contributed by atoms with Crippen LogP contribution < -0.4 is 0 Å². The van der Waals surface area contributed by atoms with Crippen LogP contribution in [0.2, 0.25) is 0 Å². The van der Waals surface area contributed by atoms with E-state index in [1.807, 2.05) is 0 Å². The molecule has 43 valence electrons. The SMILES string of the molecule is [CH2]OCCCCS. The van der Waals surface area contributed by atoms with Gasteiger partial charge in [0, 0.05) is 6.61 Å². The lowest BCUT2D eigenvalue weighted by molar-refractivity contribution is 0.237. The lowest BCUT2D eigenvalue weighted by Crippen LogP contribution is -1.85. The molecule has 1 radical (unpaired) electrons. The molecule has 0 heterocycles. The van der Waals surface area contributed by atoms with Gasteiger partial charge in [-0.1, -0.05) is 0 Å². The van der Waals surface area contributed by atoms with Crippen LogP contribution in [-0.2, 0) is 4.74 Å². The predicted molar refractivity (Wildman–Crippen MR) is 34.4 cm³/mol. The van der Waals surface area contributed by atoms with E-state index in [0.29, 0.717) is 0 Å². The summed E-state index contributed by atoms with van der Waals surface area (Å²) in [4.78, 5) is 0. The van der Waals surface area contributed by atoms with Crippen LogP contribution in [0.3, 0.4) is 0 Å². The summed E-state index contributed by atoms with van der Waals surface area (Å²) in [5.74, 6) is 0.948. The summed E-state index contributed by atoms with van der Waals surface area (Å²) in [7, 11) is 3.23. The molecular formula is C5H11OS. The monoisotopic (exact) mass is 119 g/mol. The number of hydrogen-bond donors (Lipinski definition) is 1. The quantitative estimate of drug-likeness (QED) is 0.436. The summed E-state index contributed by atoms with van der Waals surface area (Å²) < 4.78 is 4.56. The highest BCUT2D eigenvalue weighted by molar-refractivity contribution is 7.80. The average Bonchev–Trinajstić information content (AvgIpc) is 1.69. The van der Waals surface area contributed by atoms with Crippen molar-refractivity contribution in [1.29, 1.82) is 0 Å². The van der Waals surface area contributed by atoms with Crippen LogP contribution >= 0.6 is 12.6 Å². The van der Waals surface area contributed by atoms with Gasteiger partial charge in [-0.05, 0) is 18.6 Å². The third-order valence-electron chi connectivity index (χ3n) is 0.697. The van der Waals surface area contributed by atoms with Crippen molar-refractivity contribution in [3.63, 3.8) is 0 Å². The standard InChI is InChI=1S/C5H11OS/c1-6-4-2-3-5-7/h7H,1-5H2. The molecule has 0 saturated heterocycles. The fraction of sp³-hybridized carbons (Fsp3) is 0.800.